The number of carbonyl (C=O) groups excluding carboxylic acids is 2. The van der Waals surface area contributed by atoms with Crippen LogP contribution >= 0.6 is 0 Å². The SMILES string of the molecule is CCOC(=O)C(=O)c1ccc(N(C)C)cc1. The molecule has 0 N–H and O–H groups in total. The highest BCUT2D eigenvalue weighted by Crippen LogP contribution is 2.12. The lowest BCUT2D eigenvalue weighted by Crippen LogP contribution is -2.17. The predicted molar refractivity (Wildman–Crippen MR) is 61.7 cm³/mol. The highest BCUT2D eigenvalue weighted by atomic mass is 16.5. The largest absolute Gasteiger partial charge is 0.460 e. The second-order valence-corrected chi connectivity index (χ2v) is 3.49. The van der Waals surface area contributed by atoms with Crippen LogP contribution in [0.5, 0.6) is 0 Å². The average Bonchev–Trinajstić information content (AvgIpc) is 2.28. The molecule has 1 rings (SSSR count). The Kier molecular flexibility index (Phi) is 4.05. The molecule has 1 aromatic carbocycles. The number of nitrogens with zero attached hydrogens (tertiary/aromatic N) is 1. The number of hydrogen-bond donors (Lipinski definition) is 0. The van der Waals surface area contributed by atoms with E-state index in [1.807, 2.05) is 19.0 Å². The third-order valence-electron chi connectivity index (χ3n) is 2.11. The molecule has 0 amide bonds. The minimum absolute atomic E-state index is 0.209. The van der Waals surface area contributed by atoms with E-state index in [0.29, 0.717) is 5.56 Å². The molecule has 0 aliphatic heterocycles. The Morgan fingerprint density at radius 3 is 2.19 bits per heavy atom. The zero-order valence-corrected chi connectivity index (χ0v) is 9.69. The summed E-state index contributed by atoms with van der Waals surface area (Å²) in [6.45, 7) is 1.88. The molecule has 0 saturated heterocycles. The summed E-state index contributed by atoms with van der Waals surface area (Å²) < 4.78 is 4.64. The van der Waals surface area contributed by atoms with Crippen molar-refractivity contribution in [3.8, 4) is 0 Å². The van der Waals surface area contributed by atoms with Crippen molar-refractivity contribution in [3.63, 3.8) is 0 Å². The molecular formula is C12H15NO3. The average molecular weight is 221 g/mol. The summed E-state index contributed by atoms with van der Waals surface area (Å²) in [5, 5.41) is 0. The molecule has 16 heavy (non-hydrogen) atoms. The predicted octanol–water partition coefficient (Wildman–Crippen LogP) is 1.50. The summed E-state index contributed by atoms with van der Waals surface area (Å²) in [7, 11) is 3.81. The fourth-order valence-corrected chi connectivity index (χ4v) is 1.23. The van der Waals surface area contributed by atoms with Gasteiger partial charge in [0.2, 0.25) is 0 Å². The summed E-state index contributed by atoms with van der Waals surface area (Å²) >= 11 is 0. The van der Waals surface area contributed by atoms with Gasteiger partial charge < -0.3 is 9.64 Å². The number of anilines is 1. The summed E-state index contributed by atoms with van der Waals surface area (Å²) in [5.74, 6) is -1.41. The first-order valence-corrected chi connectivity index (χ1v) is 5.05. The molecule has 0 radical (unpaired) electrons. The first-order chi connectivity index (χ1) is 7.56. The van der Waals surface area contributed by atoms with Crippen molar-refractivity contribution in [1.82, 2.24) is 0 Å². The first kappa shape index (κ1) is 12.2. The highest BCUT2D eigenvalue weighted by Gasteiger charge is 2.16. The number of hydrogen-bond acceptors (Lipinski definition) is 4. The molecule has 0 aromatic heterocycles. The number of ether oxygens (including phenoxy) is 1. The Hall–Kier alpha value is -1.84. The van der Waals surface area contributed by atoms with Gasteiger partial charge in [-0.3, -0.25) is 4.79 Å². The van der Waals surface area contributed by atoms with Crippen LogP contribution in [0.25, 0.3) is 0 Å². The molecule has 0 bridgehead atoms. The van der Waals surface area contributed by atoms with Gasteiger partial charge in [-0.25, -0.2) is 4.79 Å². The summed E-state index contributed by atoms with van der Waals surface area (Å²) in [4.78, 5) is 24.6. The maximum Gasteiger partial charge on any atom is 0.379 e. The number of Topliss-reactive ketones (excluding diaryl/α,β-unsaturated/α-hetero) is 1. The van der Waals surface area contributed by atoms with Gasteiger partial charge in [-0.05, 0) is 31.2 Å². The van der Waals surface area contributed by atoms with E-state index in [2.05, 4.69) is 4.74 Å². The van der Waals surface area contributed by atoms with Gasteiger partial charge >= 0.3 is 5.97 Å². The standard InChI is InChI=1S/C12H15NO3/c1-4-16-12(15)11(14)9-5-7-10(8-6-9)13(2)3/h5-8H,4H2,1-3H3. The van der Waals surface area contributed by atoms with Crippen LogP contribution in [0.2, 0.25) is 0 Å². The van der Waals surface area contributed by atoms with Crippen molar-refractivity contribution in [2.75, 3.05) is 25.6 Å². The minimum atomic E-state index is -0.805. The molecule has 0 fully saturated rings. The van der Waals surface area contributed by atoms with Gasteiger partial charge in [0.05, 0.1) is 6.61 Å². The highest BCUT2D eigenvalue weighted by molar-refractivity contribution is 6.40. The van der Waals surface area contributed by atoms with E-state index < -0.39 is 11.8 Å². The summed E-state index contributed by atoms with van der Waals surface area (Å²) in [6, 6.07) is 6.81. The van der Waals surface area contributed by atoms with Gasteiger partial charge in [-0.2, -0.15) is 0 Å². The zero-order chi connectivity index (χ0) is 12.1. The molecule has 0 saturated carbocycles. The summed E-state index contributed by atoms with van der Waals surface area (Å²) in [6.07, 6.45) is 0. The van der Waals surface area contributed by atoms with Crippen LogP contribution < -0.4 is 4.90 Å². The lowest BCUT2D eigenvalue weighted by molar-refractivity contribution is -0.137. The van der Waals surface area contributed by atoms with Crippen molar-refractivity contribution in [2.24, 2.45) is 0 Å². The van der Waals surface area contributed by atoms with Gasteiger partial charge in [0, 0.05) is 25.3 Å². The van der Waals surface area contributed by atoms with Crippen LogP contribution in [0.15, 0.2) is 24.3 Å². The number of ketones is 1. The molecule has 0 unspecified atom stereocenters. The van der Waals surface area contributed by atoms with Gasteiger partial charge in [0.15, 0.2) is 0 Å². The topological polar surface area (TPSA) is 46.6 Å². The van der Waals surface area contributed by atoms with Crippen LogP contribution in [0, 0.1) is 0 Å². The van der Waals surface area contributed by atoms with Crippen LogP contribution in [0.1, 0.15) is 17.3 Å². The quantitative estimate of drug-likeness (QED) is 0.439. The van der Waals surface area contributed by atoms with Crippen molar-refractivity contribution in [3.05, 3.63) is 29.8 Å². The Balaban J connectivity index is 2.81. The zero-order valence-electron chi connectivity index (χ0n) is 9.69. The second kappa shape index (κ2) is 5.30. The molecule has 86 valence electrons. The number of carbonyl (C=O) groups is 2. The minimum Gasteiger partial charge on any atom is -0.460 e. The van der Waals surface area contributed by atoms with Gasteiger partial charge in [-0.1, -0.05) is 0 Å². The van der Waals surface area contributed by atoms with Gasteiger partial charge in [-0.15, -0.1) is 0 Å². The molecule has 0 aliphatic carbocycles. The molecule has 4 nitrogen and oxygen atoms in total. The van der Waals surface area contributed by atoms with E-state index >= 15 is 0 Å². The van der Waals surface area contributed by atoms with E-state index in [1.165, 1.54) is 0 Å². The molecule has 4 heteroatoms. The van der Waals surface area contributed by atoms with E-state index in [0.717, 1.165) is 5.69 Å². The monoisotopic (exact) mass is 221 g/mol. The smallest absolute Gasteiger partial charge is 0.379 e. The Bertz CT molecular complexity index is 382. The Labute approximate surface area is 94.8 Å². The van der Waals surface area contributed by atoms with Gasteiger partial charge in [0.25, 0.3) is 5.78 Å². The lowest BCUT2D eigenvalue weighted by Gasteiger charge is -2.12. The molecule has 0 spiro atoms. The van der Waals surface area contributed by atoms with Crippen molar-refractivity contribution in [2.45, 2.75) is 6.92 Å². The van der Waals surface area contributed by atoms with E-state index in [-0.39, 0.29) is 6.61 Å². The van der Waals surface area contributed by atoms with Crippen LogP contribution in [0.3, 0.4) is 0 Å². The lowest BCUT2D eigenvalue weighted by atomic mass is 10.1. The normalized spacial score (nSPS) is 9.69. The van der Waals surface area contributed by atoms with Crippen molar-refractivity contribution >= 4 is 17.4 Å². The van der Waals surface area contributed by atoms with Crippen LogP contribution in [-0.2, 0) is 9.53 Å². The molecule has 0 heterocycles. The fourth-order valence-electron chi connectivity index (χ4n) is 1.23. The maximum absolute atomic E-state index is 11.5. The maximum atomic E-state index is 11.5. The van der Waals surface area contributed by atoms with Crippen molar-refractivity contribution < 1.29 is 14.3 Å². The molecule has 0 atom stereocenters. The summed E-state index contributed by atoms with van der Waals surface area (Å²) in [5.41, 5.74) is 1.32. The van der Waals surface area contributed by atoms with Crippen LogP contribution in [-0.4, -0.2) is 32.5 Å². The van der Waals surface area contributed by atoms with E-state index in [9.17, 15) is 9.59 Å². The third kappa shape index (κ3) is 2.82. The van der Waals surface area contributed by atoms with Gasteiger partial charge in [0.1, 0.15) is 0 Å². The first-order valence-electron chi connectivity index (χ1n) is 5.05. The number of esters is 1. The van der Waals surface area contributed by atoms with E-state index in [4.69, 9.17) is 0 Å². The Morgan fingerprint density at radius 2 is 1.75 bits per heavy atom. The Morgan fingerprint density at radius 1 is 1.19 bits per heavy atom. The third-order valence-corrected chi connectivity index (χ3v) is 2.11. The molecular weight excluding hydrogens is 206 g/mol. The van der Waals surface area contributed by atoms with Crippen LogP contribution in [0.4, 0.5) is 5.69 Å². The number of benzene rings is 1. The number of rotatable bonds is 4. The van der Waals surface area contributed by atoms with Crippen molar-refractivity contribution in [1.29, 1.82) is 0 Å². The molecule has 1 aromatic rings. The molecule has 0 aliphatic rings. The fraction of sp³-hybridized carbons (Fsp3) is 0.333. The second-order valence-electron chi connectivity index (χ2n) is 3.49. The van der Waals surface area contributed by atoms with E-state index in [1.54, 1.807) is 31.2 Å².